The molecule has 3 N–H and O–H groups in total. The van der Waals surface area contributed by atoms with Crippen LogP contribution in [0.4, 0.5) is 11.5 Å². The molecule has 0 saturated heterocycles. The van der Waals surface area contributed by atoms with Crippen LogP contribution in [0.1, 0.15) is 27.7 Å². The van der Waals surface area contributed by atoms with Gasteiger partial charge in [-0.2, -0.15) is 0 Å². The van der Waals surface area contributed by atoms with Crippen molar-refractivity contribution in [2.75, 3.05) is 18.2 Å². The lowest BCUT2D eigenvalue weighted by atomic mass is 10.1. The fourth-order valence-corrected chi connectivity index (χ4v) is 2.69. The number of aryl methyl sites for hydroxylation is 1. The summed E-state index contributed by atoms with van der Waals surface area (Å²) in [6, 6.07) is 14.0. The molecule has 8 heteroatoms. The second kappa shape index (κ2) is 8.83. The first kappa shape index (κ1) is 19.8. The van der Waals surface area contributed by atoms with Crippen LogP contribution in [-0.2, 0) is 9.53 Å². The van der Waals surface area contributed by atoms with Gasteiger partial charge in [-0.15, -0.1) is 0 Å². The lowest BCUT2D eigenvalue weighted by Gasteiger charge is -2.19. The number of nitrogen functional groups attached to an aromatic ring is 1. The summed E-state index contributed by atoms with van der Waals surface area (Å²) in [5.41, 5.74) is 7.43. The number of carbonyl (C=O) groups excluding carboxylic acids is 2. The zero-order valence-electron chi connectivity index (χ0n) is 16.0. The van der Waals surface area contributed by atoms with Crippen molar-refractivity contribution in [3.63, 3.8) is 0 Å². The molecule has 0 aliphatic carbocycles. The first-order chi connectivity index (χ1) is 14.0. The first-order valence-electron chi connectivity index (χ1n) is 8.77. The minimum absolute atomic E-state index is 0.0786. The van der Waals surface area contributed by atoms with Gasteiger partial charge in [-0.25, -0.2) is 14.8 Å². The molecule has 0 fully saturated rings. The van der Waals surface area contributed by atoms with E-state index in [0.29, 0.717) is 17.0 Å². The van der Waals surface area contributed by atoms with E-state index in [0.717, 1.165) is 5.56 Å². The second-order valence-corrected chi connectivity index (χ2v) is 6.18. The number of methoxy groups -OCH3 is 1. The molecule has 3 aromatic rings. The Hall–Kier alpha value is -3.94. The number of anilines is 2. The predicted molar refractivity (Wildman–Crippen MR) is 107 cm³/mol. The number of ether oxygens (including phenoxy) is 2. The highest BCUT2D eigenvalue weighted by Crippen LogP contribution is 2.28. The zero-order chi connectivity index (χ0) is 20.8. The number of rotatable bonds is 6. The molecule has 1 unspecified atom stereocenters. The molecule has 0 radical (unpaired) electrons. The van der Waals surface area contributed by atoms with Crippen LogP contribution in [0.25, 0.3) is 0 Å². The average Bonchev–Trinajstić information content (AvgIpc) is 2.73. The third kappa shape index (κ3) is 4.67. The van der Waals surface area contributed by atoms with Crippen molar-refractivity contribution in [2.45, 2.75) is 13.0 Å². The number of carbonyl (C=O) groups is 2. The van der Waals surface area contributed by atoms with E-state index in [1.54, 1.807) is 42.5 Å². The minimum Gasteiger partial charge on any atom is -0.495 e. The van der Waals surface area contributed by atoms with Gasteiger partial charge in [0, 0.05) is 18.0 Å². The van der Waals surface area contributed by atoms with Crippen molar-refractivity contribution in [2.24, 2.45) is 0 Å². The van der Waals surface area contributed by atoms with Crippen LogP contribution in [0.3, 0.4) is 0 Å². The molecule has 3 rings (SSSR count). The van der Waals surface area contributed by atoms with Gasteiger partial charge in [0.1, 0.15) is 5.75 Å². The van der Waals surface area contributed by atoms with Gasteiger partial charge in [-0.1, -0.05) is 36.4 Å². The van der Waals surface area contributed by atoms with E-state index < -0.39 is 18.0 Å². The number of aromatic nitrogens is 2. The maximum atomic E-state index is 13.0. The van der Waals surface area contributed by atoms with Crippen molar-refractivity contribution < 1.29 is 19.1 Å². The molecule has 29 heavy (non-hydrogen) atoms. The van der Waals surface area contributed by atoms with E-state index in [9.17, 15) is 9.59 Å². The number of amides is 1. The summed E-state index contributed by atoms with van der Waals surface area (Å²) in [7, 11) is 1.51. The third-order valence-electron chi connectivity index (χ3n) is 4.10. The van der Waals surface area contributed by atoms with Gasteiger partial charge >= 0.3 is 5.97 Å². The zero-order valence-corrected chi connectivity index (χ0v) is 16.0. The Morgan fingerprint density at radius 3 is 2.48 bits per heavy atom. The van der Waals surface area contributed by atoms with Crippen LogP contribution in [-0.4, -0.2) is 29.0 Å². The topological polar surface area (TPSA) is 116 Å². The summed E-state index contributed by atoms with van der Waals surface area (Å²) in [6.45, 7) is 1.89. The number of esters is 1. The fourth-order valence-electron chi connectivity index (χ4n) is 2.69. The summed E-state index contributed by atoms with van der Waals surface area (Å²) in [6.07, 6.45) is 1.45. The molecular formula is C21H20N4O4. The van der Waals surface area contributed by atoms with E-state index in [4.69, 9.17) is 15.2 Å². The summed E-state index contributed by atoms with van der Waals surface area (Å²) in [4.78, 5) is 33.3. The molecule has 0 saturated carbocycles. The molecule has 0 bridgehead atoms. The van der Waals surface area contributed by atoms with Gasteiger partial charge in [0.25, 0.3) is 5.91 Å². The fraction of sp³-hybridized carbons (Fsp3) is 0.143. The minimum atomic E-state index is -1.23. The van der Waals surface area contributed by atoms with Gasteiger partial charge in [-0.05, 0) is 24.6 Å². The van der Waals surface area contributed by atoms with Crippen molar-refractivity contribution in [1.29, 1.82) is 0 Å². The van der Waals surface area contributed by atoms with Crippen LogP contribution in [0, 0.1) is 6.92 Å². The van der Waals surface area contributed by atoms with E-state index >= 15 is 0 Å². The molecule has 148 valence electrons. The van der Waals surface area contributed by atoms with Crippen LogP contribution >= 0.6 is 0 Å². The third-order valence-corrected chi connectivity index (χ3v) is 4.10. The van der Waals surface area contributed by atoms with E-state index in [1.807, 2.05) is 13.0 Å². The Balaban J connectivity index is 1.90. The van der Waals surface area contributed by atoms with Crippen molar-refractivity contribution in [1.82, 2.24) is 9.97 Å². The Bertz CT molecular complexity index is 1020. The SMILES string of the molecule is COc1ccc(C)cc1NC(=O)C(OC(=O)c1nccnc1N)c1ccccc1. The first-order valence-corrected chi connectivity index (χ1v) is 8.77. The Kier molecular flexibility index (Phi) is 6.03. The van der Waals surface area contributed by atoms with Gasteiger partial charge in [0.05, 0.1) is 12.8 Å². The van der Waals surface area contributed by atoms with E-state index in [-0.39, 0.29) is 11.5 Å². The molecule has 1 aromatic heterocycles. The predicted octanol–water partition coefficient (Wildman–Crippen LogP) is 2.91. The molecule has 0 aliphatic heterocycles. The lowest BCUT2D eigenvalue weighted by Crippen LogP contribution is -2.27. The molecule has 8 nitrogen and oxygen atoms in total. The smallest absolute Gasteiger partial charge is 0.361 e. The van der Waals surface area contributed by atoms with Crippen LogP contribution in [0.5, 0.6) is 5.75 Å². The number of hydrogen-bond acceptors (Lipinski definition) is 7. The van der Waals surface area contributed by atoms with Crippen molar-refractivity contribution >= 4 is 23.4 Å². The number of benzene rings is 2. The largest absolute Gasteiger partial charge is 0.495 e. The highest BCUT2D eigenvalue weighted by molar-refractivity contribution is 5.99. The Labute approximate surface area is 167 Å². The van der Waals surface area contributed by atoms with Gasteiger partial charge in [0.15, 0.2) is 11.5 Å². The number of hydrogen-bond donors (Lipinski definition) is 2. The van der Waals surface area contributed by atoms with Crippen LogP contribution in [0.2, 0.25) is 0 Å². The number of nitrogens with zero attached hydrogens (tertiary/aromatic N) is 2. The summed E-state index contributed by atoms with van der Waals surface area (Å²) in [5, 5.41) is 2.76. The van der Waals surface area contributed by atoms with Gasteiger partial charge < -0.3 is 20.5 Å². The highest BCUT2D eigenvalue weighted by Gasteiger charge is 2.28. The van der Waals surface area contributed by atoms with E-state index in [2.05, 4.69) is 15.3 Å². The Morgan fingerprint density at radius 2 is 1.79 bits per heavy atom. The quantitative estimate of drug-likeness (QED) is 0.620. The molecule has 0 spiro atoms. The molecule has 0 aliphatic rings. The standard InChI is InChI=1S/C21H20N4O4/c1-13-8-9-16(28-2)15(12-13)25-20(26)18(14-6-4-3-5-7-14)29-21(27)17-19(22)24-11-10-23-17/h3-12,18H,1-2H3,(H2,22,24)(H,25,26). The lowest BCUT2D eigenvalue weighted by molar-refractivity contribution is -0.125. The monoisotopic (exact) mass is 392 g/mol. The van der Waals surface area contributed by atoms with Crippen molar-refractivity contribution in [3.05, 3.63) is 77.7 Å². The molecule has 1 atom stereocenters. The Morgan fingerprint density at radius 1 is 1.07 bits per heavy atom. The van der Waals surface area contributed by atoms with Crippen LogP contribution < -0.4 is 15.8 Å². The maximum absolute atomic E-state index is 13.0. The normalized spacial score (nSPS) is 11.4. The molecule has 1 amide bonds. The molecule has 1 heterocycles. The van der Waals surface area contributed by atoms with Gasteiger partial charge in [-0.3, -0.25) is 4.79 Å². The van der Waals surface area contributed by atoms with Crippen molar-refractivity contribution in [3.8, 4) is 5.75 Å². The number of nitrogens with two attached hydrogens (primary N) is 1. The van der Waals surface area contributed by atoms with Crippen LogP contribution in [0.15, 0.2) is 60.9 Å². The summed E-state index contributed by atoms with van der Waals surface area (Å²) >= 11 is 0. The highest BCUT2D eigenvalue weighted by atomic mass is 16.5. The van der Waals surface area contributed by atoms with Gasteiger partial charge in [0.2, 0.25) is 6.10 Å². The summed E-state index contributed by atoms with van der Waals surface area (Å²) < 4.78 is 10.8. The van der Waals surface area contributed by atoms with E-state index in [1.165, 1.54) is 19.5 Å². The second-order valence-electron chi connectivity index (χ2n) is 6.18. The number of nitrogens with one attached hydrogen (secondary N) is 1. The maximum Gasteiger partial charge on any atom is 0.361 e. The molecule has 2 aromatic carbocycles. The molecular weight excluding hydrogens is 372 g/mol. The average molecular weight is 392 g/mol. The summed E-state index contributed by atoms with van der Waals surface area (Å²) in [5.74, 6) is -0.989.